The fourth-order valence-electron chi connectivity index (χ4n) is 2.97. The van der Waals surface area contributed by atoms with E-state index in [1.54, 1.807) is 0 Å². The number of carbonyl (C=O) groups excluding carboxylic acids is 1. The zero-order valence-corrected chi connectivity index (χ0v) is 15.9. The second-order valence-corrected chi connectivity index (χ2v) is 7.08. The van der Waals surface area contributed by atoms with Gasteiger partial charge in [0, 0.05) is 24.3 Å². The van der Waals surface area contributed by atoms with Gasteiger partial charge in [-0.05, 0) is 55.9 Å². The minimum Gasteiger partial charge on any atom is -0.392 e. The Hall–Kier alpha value is -2.14. The molecule has 1 aromatic heterocycles. The van der Waals surface area contributed by atoms with E-state index in [0.717, 1.165) is 40.3 Å². The number of carbonyl (C=O) groups is 1. The van der Waals surface area contributed by atoms with Crippen molar-refractivity contribution in [3.63, 3.8) is 0 Å². The van der Waals surface area contributed by atoms with Gasteiger partial charge in [-0.3, -0.25) is 9.48 Å². The van der Waals surface area contributed by atoms with E-state index in [2.05, 4.69) is 31.2 Å². The molecule has 0 fully saturated rings. The number of amides is 1. The molecule has 0 atom stereocenters. The number of aryl methyl sites for hydroxylation is 2. The van der Waals surface area contributed by atoms with Crippen LogP contribution in [0.5, 0.6) is 0 Å². The smallest absolute Gasteiger partial charge is 0.224 e. The second-order valence-electron chi connectivity index (χ2n) is 7.08. The maximum absolute atomic E-state index is 12.3. The lowest BCUT2D eigenvalue weighted by molar-refractivity contribution is -0.116. The highest BCUT2D eigenvalue weighted by Crippen LogP contribution is 2.19. The molecule has 0 aliphatic rings. The van der Waals surface area contributed by atoms with E-state index >= 15 is 0 Å². The van der Waals surface area contributed by atoms with Crippen LogP contribution in [0.2, 0.25) is 0 Å². The maximum atomic E-state index is 12.3. The average molecular weight is 343 g/mol. The summed E-state index contributed by atoms with van der Waals surface area (Å²) in [5.74, 6) is 0.518. The highest BCUT2D eigenvalue weighted by atomic mass is 16.3. The van der Waals surface area contributed by atoms with Crippen LogP contribution in [0.25, 0.3) is 0 Å². The summed E-state index contributed by atoms with van der Waals surface area (Å²) in [6, 6.07) is 5.59. The van der Waals surface area contributed by atoms with Crippen LogP contribution < -0.4 is 5.32 Å². The SMILES string of the molecule is Cc1ccc(CO)cc1NC(=O)CCc1c(C)nn(CC(C)C)c1C. The number of anilines is 1. The van der Waals surface area contributed by atoms with Gasteiger partial charge in [-0.2, -0.15) is 5.10 Å². The zero-order chi connectivity index (χ0) is 18.6. The van der Waals surface area contributed by atoms with Crippen LogP contribution in [-0.2, 0) is 24.4 Å². The summed E-state index contributed by atoms with van der Waals surface area (Å²) < 4.78 is 2.04. The lowest BCUT2D eigenvalue weighted by atomic mass is 10.1. The van der Waals surface area contributed by atoms with Crippen molar-refractivity contribution in [2.24, 2.45) is 5.92 Å². The molecule has 0 saturated heterocycles. The molecule has 0 aliphatic carbocycles. The van der Waals surface area contributed by atoms with Crippen molar-refractivity contribution >= 4 is 11.6 Å². The topological polar surface area (TPSA) is 67.2 Å². The third-order valence-electron chi connectivity index (χ3n) is 4.43. The van der Waals surface area contributed by atoms with Gasteiger partial charge in [0.05, 0.1) is 12.3 Å². The first-order valence-electron chi connectivity index (χ1n) is 8.85. The zero-order valence-electron chi connectivity index (χ0n) is 15.9. The molecule has 0 bridgehead atoms. The molecule has 1 amide bonds. The number of nitrogens with zero attached hydrogens (tertiary/aromatic N) is 2. The Morgan fingerprint density at radius 2 is 2.00 bits per heavy atom. The van der Waals surface area contributed by atoms with Gasteiger partial charge in [-0.1, -0.05) is 26.0 Å². The summed E-state index contributed by atoms with van der Waals surface area (Å²) in [6.45, 7) is 11.2. The molecule has 5 heteroatoms. The molecule has 2 rings (SSSR count). The third-order valence-corrected chi connectivity index (χ3v) is 4.43. The van der Waals surface area contributed by atoms with Crippen LogP contribution in [0, 0.1) is 26.7 Å². The minimum absolute atomic E-state index is 0.0198. The second kappa shape index (κ2) is 8.30. The fraction of sp³-hybridized carbons (Fsp3) is 0.500. The van der Waals surface area contributed by atoms with Gasteiger partial charge in [0.2, 0.25) is 5.91 Å². The van der Waals surface area contributed by atoms with Gasteiger partial charge >= 0.3 is 0 Å². The van der Waals surface area contributed by atoms with Gasteiger partial charge in [0.1, 0.15) is 0 Å². The van der Waals surface area contributed by atoms with Crippen LogP contribution >= 0.6 is 0 Å². The van der Waals surface area contributed by atoms with E-state index < -0.39 is 0 Å². The Bertz CT molecular complexity index is 748. The molecule has 25 heavy (non-hydrogen) atoms. The van der Waals surface area contributed by atoms with Crippen molar-refractivity contribution < 1.29 is 9.90 Å². The van der Waals surface area contributed by atoms with Gasteiger partial charge in [-0.15, -0.1) is 0 Å². The molecule has 0 unspecified atom stereocenters. The maximum Gasteiger partial charge on any atom is 0.224 e. The molecule has 0 aliphatic heterocycles. The summed E-state index contributed by atoms with van der Waals surface area (Å²) in [4.78, 5) is 12.3. The summed E-state index contributed by atoms with van der Waals surface area (Å²) in [7, 11) is 0. The molecule has 0 radical (unpaired) electrons. The van der Waals surface area contributed by atoms with Crippen molar-refractivity contribution in [3.8, 4) is 0 Å². The lowest BCUT2D eigenvalue weighted by Crippen LogP contribution is -2.14. The van der Waals surface area contributed by atoms with Gasteiger partial charge in [-0.25, -0.2) is 0 Å². The minimum atomic E-state index is -0.0312. The molecule has 2 N–H and O–H groups in total. The number of benzene rings is 1. The van der Waals surface area contributed by atoms with E-state index in [1.165, 1.54) is 0 Å². The van der Waals surface area contributed by atoms with Crippen molar-refractivity contribution in [1.29, 1.82) is 0 Å². The monoisotopic (exact) mass is 343 g/mol. The predicted octanol–water partition coefficient (Wildman–Crippen LogP) is 3.53. The van der Waals surface area contributed by atoms with E-state index in [9.17, 15) is 9.90 Å². The quantitative estimate of drug-likeness (QED) is 0.808. The van der Waals surface area contributed by atoms with E-state index in [1.807, 2.05) is 36.7 Å². The van der Waals surface area contributed by atoms with Crippen molar-refractivity contribution in [3.05, 3.63) is 46.3 Å². The number of aromatic nitrogens is 2. The van der Waals surface area contributed by atoms with Gasteiger partial charge in [0.15, 0.2) is 0 Å². The normalized spacial score (nSPS) is 11.2. The van der Waals surface area contributed by atoms with Gasteiger partial charge in [0.25, 0.3) is 0 Å². The van der Waals surface area contributed by atoms with E-state index in [-0.39, 0.29) is 12.5 Å². The Balaban J connectivity index is 2.02. The van der Waals surface area contributed by atoms with Crippen LogP contribution in [0.3, 0.4) is 0 Å². The highest BCUT2D eigenvalue weighted by molar-refractivity contribution is 5.91. The Morgan fingerprint density at radius 3 is 2.64 bits per heavy atom. The lowest BCUT2D eigenvalue weighted by Gasteiger charge is -2.10. The number of hydrogen-bond acceptors (Lipinski definition) is 3. The van der Waals surface area contributed by atoms with E-state index in [0.29, 0.717) is 18.8 Å². The van der Waals surface area contributed by atoms with Crippen LogP contribution in [0.4, 0.5) is 5.69 Å². The molecule has 1 aromatic carbocycles. The van der Waals surface area contributed by atoms with Crippen molar-refractivity contribution in [2.45, 2.75) is 60.6 Å². The summed E-state index contributed by atoms with van der Waals surface area (Å²) in [6.07, 6.45) is 1.10. The standard InChI is InChI=1S/C20H29N3O2/c1-13(2)11-23-16(5)18(15(4)22-23)8-9-20(25)21-19-10-17(12-24)7-6-14(19)3/h6-7,10,13,24H,8-9,11-12H2,1-5H3,(H,21,25). The molecule has 0 spiro atoms. The molecule has 136 valence electrons. The first-order valence-corrected chi connectivity index (χ1v) is 8.85. The molecule has 0 saturated carbocycles. The Morgan fingerprint density at radius 1 is 1.28 bits per heavy atom. The largest absolute Gasteiger partial charge is 0.392 e. The van der Waals surface area contributed by atoms with Gasteiger partial charge < -0.3 is 10.4 Å². The van der Waals surface area contributed by atoms with Crippen LogP contribution in [0.1, 0.15) is 48.3 Å². The van der Waals surface area contributed by atoms with Crippen molar-refractivity contribution in [1.82, 2.24) is 9.78 Å². The number of aliphatic hydroxyl groups is 1. The Kier molecular flexibility index (Phi) is 6.37. The summed E-state index contributed by atoms with van der Waals surface area (Å²) in [5, 5.41) is 16.8. The molecular weight excluding hydrogens is 314 g/mol. The number of aliphatic hydroxyl groups excluding tert-OH is 1. The molecular formula is C20H29N3O2. The summed E-state index contributed by atoms with van der Waals surface area (Å²) in [5.41, 5.74) is 5.87. The number of nitrogens with one attached hydrogen (secondary N) is 1. The molecule has 2 aromatic rings. The highest BCUT2D eigenvalue weighted by Gasteiger charge is 2.14. The Labute approximate surface area is 150 Å². The van der Waals surface area contributed by atoms with Crippen molar-refractivity contribution in [2.75, 3.05) is 5.32 Å². The average Bonchev–Trinajstić information content (AvgIpc) is 2.81. The summed E-state index contributed by atoms with van der Waals surface area (Å²) >= 11 is 0. The number of hydrogen-bond donors (Lipinski definition) is 2. The fourth-order valence-corrected chi connectivity index (χ4v) is 2.97. The van der Waals surface area contributed by atoms with E-state index in [4.69, 9.17) is 0 Å². The third kappa shape index (κ3) is 4.92. The first kappa shape index (κ1) is 19.2. The first-order chi connectivity index (χ1) is 11.8. The van der Waals surface area contributed by atoms with Crippen LogP contribution in [-0.4, -0.2) is 20.8 Å². The predicted molar refractivity (Wildman–Crippen MR) is 101 cm³/mol. The number of rotatable bonds is 7. The molecule has 5 nitrogen and oxygen atoms in total. The van der Waals surface area contributed by atoms with Crippen LogP contribution in [0.15, 0.2) is 18.2 Å². The molecule has 1 heterocycles.